The average molecular weight is 444 g/mol. The minimum absolute atomic E-state index is 0.263. The van der Waals surface area contributed by atoms with Gasteiger partial charge in [-0.1, -0.05) is 36.5 Å². The van der Waals surface area contributed by atoms with E-state index in [-0.39, 0.29) is 11.7 Å². The summed E-state index contributed by atoms with van der Waals surface area (Å²) in [4.78, 5) is 24.5. The van der Waals surface area contributed by atoms with Gasteiger partial charge < -0.3 is 10.6 Å². The van der Waals surface area contributed by atoms with Crippen molar-refractivity contribution in [3.63, 3.8) is 0 Å². The summed E-state index contributed by atoms with van der Waals surface area (Å²) in [5, 5.41) is 6.09. The van der Waals surface area contributed by atoms with Gasteiger partial charge in [0.15, 0.2) is 0 Å². The molecule has 0 radical (unpaired) electrons. The Morgan fingerprint density at radius 1 is 0.933 bits per heavy atom. The molecule has 0 bridgehead atoms. The van der Waals surface area contributed by atoms with Crippen LogP contribution in [0.15, 0.2) is 72.8 Å². The molecule has 154 valence electrons. The first kappa shape index (κ1) is 21.7. The molecule has 0 unspecified atom stereocenters. The molecule has 3 rings (SSSR count). The smallest absolute Gasteiger partial charge is 0.331 e. The van der Waals surface area contributed by atoms with Crippen LogP contribution in [0, 0.1) is 5.82 Å². The predicted octanol–water partition coefficient (Wildman–Crippen LogP) is 5.33. The molecule has 3 aromatic carbocycles. The van der Waals surface area contributed by atoms with Gasteiger partial charge in [-0.2, -0.15) is 0 Å². The number of urea groups is 1. The fourth-order valence-corrected chi connectivity index (χ4v) is 2.98. The normalized spacial score (nSPS) is 10.4. The highest BCUT2D eigenvalue weighted by Gasteiger charge is 2.12. The Balaban J connectivity index is 1.51. The zero-order chi connectivity index (χ0) is 21.5. The van der Waals surface area contributed by atoms with Gasteiger partial charge in [-0.3, -0.25) is 4.79 Å². The highest BCUT2D eigenvalue weighted by atomic mass is 35.5. The van der Waals surface area contributed by atoms with Crippen LogP contribution in [0.2, 0.25) is 5.02 Å². The van der Waals surface area contributed by atoms with Crippen LogP contribution >= 0.6 is 24.4 Å². The molecule has 0 aliphatic rings. The van der Waals surface area contributed by atoms with Crippen LogP contribution in [0.5, 0.6) is 0 Å². The quantitative estimate of drug-likeness (QED) is 0.450. The van der Waals surface area contributed by atoms with E-state index in [0.29, 0.717) is 34.9 Å². The zero-order valence-corrected chi connectivity index (χ0v) is 17.5. The van der Waals surface area contributed by atoms with E-state index < -0.39 is 6.03 Å². The number of benzene rings is 3. The van der Waals surface area contributed by atoms with Gasteiger partial charge in [0.05, 0.1) is 5.69 Å². The first-order valence-corrected chi connectivity index (χ1v) is 9.88. The van der Waals surface area contributed by atoms with Crippen molar-refractivity contribution in [2.24, 2.45) is 0 Å². The van der Waals surface area contributed by atoms with E-state index in [2.05, 4.69) is 23.4 Å². The molecule has 2 N–H and O–H groups in total. The van der Waals surface area contributed by atoms with Crippen molar-refractivity contribution < 1.29 is 14.0 Å². The Morgan fingerprint density at radius 2 is 1.57 bits per heavy atom. The van der Waals surface area contributed by atoms with Crippen molar-refractivity contribution in [2.75, 3.05) is 16.2 Å². The van der Waals surface area contributed by atoms with Crippen molar-refractivity contribution in [1.29, 1.82) is 0 Å². The Bertz CT molecular complexity index is 1010. The van der Waals surface area contributed by atoms with Gasteiger partial charge in [0.25, 0.3) is 5.91 Å². The fraction of sp³-hybridized carbons (Fsp3) is 0.0909. The molecule has 0 fully saturated rings. The maximum Gasteiger partial charge on any atom is 0.331 e. The SMILES string of the molecule is O=C(Nc1ccc(N(S)C(=O)NCCc2ccc(F)cc2)cc1)c1ccc(Cl)cc1. The minimum Gasteiger partial charge on any atom is -0.337 e. The van der Waals surface area contributed by atoms with Crippen LogP contribution in [-0.4, -0.2) is 18.5 Å². The van der Waals surface area contributed by atoms with Gasteiger partial charge in [0, 0.05) is 22.8 Å². The maximum atomic E-state index is 12.9. The van der Waals surface area contributed by atoms with E-state index in [4.69, 9.17) is 11.6 Å². The van der Waals surface area contributed by atoms with Crippen molar-refractivity contribution in [1.82, 2.24) is 5.32 Å². The van der Waals surface area contributed by atoms with E-state index in [0.717, 1.165) is 5.56 Å². The summed E-state index contributed by atoms with van der Waals surface area (Å²) in [6.45, 7) is 0.386. The second kappa shape index (κ2) is 10.1. The highest BCUT2D eigenvalue weighted by molar-refractivity contribution is 7.82. The number of hydrogen-bond acceptors (Lipinski definition) is 3. The monoisotopic (exact) mass is 443 g/mol. The molecule has 0 aromatic heterocycles. The first-order valence-electron chi connectivity index (χ1n) is 9.10. The van der Waals surface area contributed by atoms with E-state index in [1.165, 1.54) is 16.4 Å². The lowest BCUT2D eigenvalue weighted by molar-refractivity contribution is 0.102. The molecule has 3 amide bonds. The molecular weight excluding hydrogens is 425 g/mol. The minimum atomic E-state index is -0.390. The van der Waals surface area contributed by atoms with Crippen LogP contribution < -0.4 is 14.9 Å². The standard InChI is InChI=1S/C22H19ClFN3O2S/c23-17-5-3-16(4-6-17)21(28)26-19-9-11-20(12-10-19)27(30)22(29)25-14-13-15-1-7-18(24)8-2-15/h1-12,30H,13-14H2,(H,25,29)(H,26,28). The van der Waals surface area contributed by atoms with Crippen LogP contribution in [-0.2, 0) is 6.42 Å². The first-order chi connectivity index (χ1) is 14.4. The summed E-state index contributed by atoms with van der Waals surface area (Å²) in [6, 6.07) is 19.0. The van der Waals surface area contributed by atoms with Gasteiger partial charge in [-0.25, -0.2) is 13.5 Å². The number of hydrogen-bond donors (Lipinski definition) is 3. The molecule has 0 saturated heterocycles. The Morgan fingerprint density at radius 3 is 2.20 bits per heavy atom. The third kappa shape index (κ3) is 5.98. The molecule has 0 heterocycles. The topological polar surface area (TPSA) is 61.4 Å². The molecule has 0 saturated carbocycles. The lowest BCUT2D eigenvalue weighted by Crippen LogP contribution is -2.35. The van der Waals surface area contributed by atoms with Gasteiger partial charge in [-0.05, 0) is 72.6 Å². The van der Waals surface area contributed by atoms with Gasteiger partial charge in [-0.15, -0.1) is 0 Å². The molecule has 8 heteroatoms. The number of nitrogens with zero attached hydrogens (tertiary/aromatic N) is 1. The van der Waals surface area contributed by atoms with E-state index >= 15 is 0 Å². The van der Waals surface area contributed by atoms with Gasteiger partial charge in [0.2, 0.25) is 0 Å². The number of thiol groups is 1. The second-order valence-electron chi connectivity index (χ2n) is 6.43. The Hall–Kier alpha value is -3.03. The fourth-order valence-electron chi connectivity index (χ4n) is 2.65. The largest absolute Gasteiger partial charge is 0.337 e. The van der Waals surface area contributed by atoms with E-state index in [9.17, 15) is 14.0 Å². The number of amides is 3. The number of rotatable bonds is 6. The molecule has 0 aliphatic carbocycles. The molecule has 0 aliphatic heterocycles. The zero-order valence-electron chi connectivity index (χ0n) is 15.8. The Labute approximate surface area is 184 Å². The number of halogens is 2. The van der Waals surface area contributed by atoms with Crippen molar-refractivity contribution >= 4 is 47.7 Å². The molecule has 30 heavy (non-hydrogen) atoms. The average Bonchev–Trinajstić information content (AvgIpc) is 2.75. The number of anilines is 2. The van der Waals surface area contributed by atoms with Crippen LogP contribution in [0.4, 0.5) is 20.6 Å². The lowest BCUT2D eigenvalue weighted by atomic mass is 10.1. The molecule has 0 spiro atoms. The lowest BCUT2D eigenvalue weighted by Gasteiger charge is -2.17. The summed E-state index contributed by atoms with van der Waals surface area (Å²) in [6.07, 6.45) is 0.573. The van der Waals surface area contributed by atoms with E-state index in [1.807, 2.05) is 0 Å². The third-order valence-electron chi connectivity index (χ3n) is 4.27. The van der Waals surface area contributed by atoms with Crippen LogP contribution in [0.3, 0.4) is 0 Å². The Kier molecular flexibility index (Phi) is 7.32. The van der Waals surface area contributed by atoms with Crippen LogP contribution in [0.25, 0.3) is 0 Å². The predicted molar refractivity (Wildman–Crippen MR) is 121 cm³/mol. The summed E-state index contributed by atoms with van der Waals surface area (Å²) in [5.41, 5.74) is 2.53. The maximum absolute atomic E-state index is 12.9. The molecule has 0 atom stereocenters. The summed E-state index contributed by atoms with van der Waals surface area (Å²) in [7, 11) is 0. The van der Waals surface area contributed by atoms with Gasteiger partial charge >= 0.3 is 6.03 Å². The summed E-state index contributed by atoms with van der Waals surface area (Å²) in [5.74, 6) is -0.558. The van der Waals surface area contributed by atoms with Crippen molar-refractivity contribution in [2.45, 2.75) is 6.42 Å². The molecular formula is C22H19ClFN3O2S. The highest BCUT2D eigenvalue weighted by Crippen LogP contribution is 2.20. The van der Waals surface area contributed by atoms with Crippen molar-refractivity contribution in [3.05, 3.63) is 94.8 Å². The number of carbonyl (C=O) groups is 2. The molecule has 5 nitrogen and oxygen atoms in total. The summed E-state index contributed by atoms with van der Waals surface area (Å²) < 4.78 is 14.1. The third-order valence-corrected chi connectivity index (χ3v) is 4.94. The van der Waals surface area contributed by atoms with Gasteiger partial charge in [0.1, 0.15) is 5.82 Å². The van der Waals surface area contributed by atoms with E-state index in [1.54, 1.807) is 60.7 Å². The van der Waals surface area contributed by atoms with Crippen LogP contribution in [0.1, 0.15) is 15.9 Å². The van der Waals surface area contributed by atoms with Crippen molar-refractivity contribution in [3.8, 4) is 0 Å². The second-order valence-corrected chi connectivity index (χ2v) is 7.26. The number of carbonyl (C=O) groups excluding carboxylic acids is 2. The summed E-state index contributed by atoms with van der Waals surface area (Å²) >= 11 is 10.1. The number of nitrogens with one attached hydrogen (secondary N) is 2. The molecule has 3 aromatic rings.